The molecule has 1 heterocycles. The zero-order valence-corrected chi connectivity index (χ0v) is 15.1. The number of carbonyl (C=O) groups is 2. The summed E-state index contributed by atoms with van der Waals surface area (Å²) in [6.45, 7) is 0.229. The summed E-state index contributed by atoms with van der Waals surface area (Å²) >= 11 is 1.54. The molecule has 0 unspecified atom stereocenters. The normalized spacial score (nSPS) is 10.8. The van der Waals surface area contributed by atoms with Gasteiger partial charge in [0.15, 0.2) is 17.5 Å². The number of carbonyl (C=O) groups excluding carboxylic acids is 2. The lowest BCUT2D eigenvalue weighted by molar-refractivity contribution is -0.131. The van der Waals surface area contributed by atoms with Gasteiger partial charge < -0.3 is 10.2 Å². The fourth-order valence-electron chi connectivity index (χ4n) is 2.21. The molecule has 0 spiro atoms. The van der Waals surface area contributed by atoms with Crippen LogP contribution < -0.4 is 5.32 Å². The van der Waals surface area contributed by atoms with Gasteiger partial charge >= 0.3 is 0 Å². The van der Waals surface area contributed by atoms with Crippen molar-refractivity contribution in [2.45, 2.75) is 6.54 Å². The fourth-order valence-corrected chi connectivity index (χ4v) is 2.87. The van der Waals surface area contributed by atoms with Crippen LogP contribution in [0, 0.1) is 17.5 Å². The summed E-state index contributed by atoms with van der Waals surface area (Å²) in [6, 6.07) is 3.58. The lowest BCUT2D eigenvalue weighted by Crippen LogP contribution is -2.39. The molecule has 0 saturated carbocycles. The standard InChI is InChI=1S/C17H18F3N3O2S/c1-22(9-15(25)23(2)7-11-5-6-26-10-11)8-14(24)21-13-4-3-12(18)16(19)17(13)20/h3-6,10H,7-9H2,1-2H3,(H,21,24). The predicted octanol–water partition coefficient (Wildman–Crippen LogP) is 2.69. The Hall–Kier alpha value is -2.39. The zero-order valence-electron chi connectivity index (χ0n) is 14.3. The van der Waals surface area contributed by atoms with Gasteiger partial charge in [-0.15, -0.1) is 0 Å². The van der Waals surface area contributed by atoms with Gasteiger partial charge in [0.25, 0.3) is 0 Å². The highest BCUT2D eigenvalue weighted by atomic mass is 32.1. The largest absolute Gasteiger partial charge is 0.340 e. The first-order valence-corrected chi connectivity index (χ1v) is 8.59. The predicted molar refractivity (Wildman–Crippen MR) is 93.2 cm³/mol. The smallest absolute Gasteiger partial charge is 0.238 e. The van der Waals surface area contributed by atoms with Gasteiger partial charge in [0.2, 0.25) is 11.8 Å². The first kappa shape index (κ1) is 19.9. The molecule has 2 rings (SSSR count). The SMILES string of the molecule is CN(CC(=O)Nc1ccc(F)c(F)c1F)CC(=O)N(C)Cc1ccsc1. The molecular weight excluding hydrogens is 367 g/mol. The van der Waals surface area contributed by atoms with Crippen molar-refractivity contribution in [3.05, 3.63) is 52.0 Å². The number of likely N-dealkylation sites (N-methyl/N-ethyl adjacent to an activating group) is 2. The summed E-state index contributed by atoms with van der Waals surface area (Å²) in [5, 5.41) is 6.02. The van der Waals surface area contributed by atoms with Gasteiger partial charge in [0.1, 0.15) is 0 Å². The van der Waals surface area contributed by atoms with Gasteiger partial charge in [0.05, 0.1) is 18.8 Å². The average Bonchev–Trinajstić information content (AvgIpc) is 3.08. The van der Waals surface area contributed by atoms with E-state index in [0.717, 1.165) is 17.7 Å². The van der Waals surface area contributed by atoms with E-state index in [1.807, 2.05) is 16.8 Å². The number of rotatable bonds is 7. The Kier molecular flexibility index (Phi) is 6.76. The van der Waals surface area contributed by atoms with Gasteiger partial charge in [-0.25, -0.2) is 13.2 Å². The Morgan fingerprint density at radius 2 is 1.81 bits per heavy atom. The highest BCUT2D eigenvalue weighted by molar-refractivity contribution is 7.07. The number of anilines is 1. The number of benzene rings is 1. The molecule has 1 aromatic carbocycles. The number of halogens is 3. The molecule has 0 fully saturated rings. The number of hydrogen-bond donors (Lipinski definition) is 1. The van der Waals surface area contributed by atoms with Crippen molar-refractivity contribution in [3.8, 4) is 0 Å². The molecule has 26 heavy (non-hydrogen) atoms. The molecule has 0 aliphatic rings. The van der Waals surface area contributed by atoms with E-state index in [-0.39, 0.29) is 19.0 Å². The second-order valence-corrected chi connectivity index (χ2v) is 6.60. The third kappa shape index (κ3) is 5.30. The maximum Gasteiger partial charge on any atom is 0.238 e. The topological polar surface area (TPSA) is 52.7 Å². The number of nitrogens with zero attached hydrogens (tertiary/aromatic N) is 2. The molecule has 2 amide bonds. The van der Waals surface area contributed by atoms with E-state index < -0.39 is 29.0 Å². The Balaban J connectivity index is 1.85. The Morgan fingerprint density at radius 1 is 1.08 bits per heavy atom. The van der Waals surface area contributed by atoms with Gasteiger partial charge in [-0.1, -0.05) is 0 Å². The average molecular weight is 385 g/mol. The first-order chi connectivity index (χ1) is 12.3. The minimum absolute atomic E-state index is 0.0195. The van der Waals surface area contributed by atoms with E-state index in [1.165, 1.54) is 21.1 Å². The molecule has 0 aliphatic heterocycles. The van der Waals surface area contributed by atoms with E-state index in [0.29, 0.717) is 6.54 Å². The minimum Gasteiger partial charge on any atom is -0.340 e. The van der Waals surface area contributed by atoms with E-state index in [9.17, 15) is 22.8 Å². The Labute approximate surface area is 153 Å². The third-order valence-electron chi connectivity index (χ3n) is 3.55. The molecule has 0 radical (unpaired) electrons. The lowest BCUT2D eigenvalue weighted by Gasteiger charge is -2.21. The summed E-state index contributed by atoms with van der Waals surface area (Å²) < 4.78 is 39.6. The molecule has 0 bridgehead atoms. The summed E-state index contributed by atoms with van der Waals surface area (Å²) in [5.74, 6) is -5.29. The molecule has 1 aromatic heterocycles. The highest BCUT2D eigenvalue weighted by Gasteiger charge is 2.18. The molecule has 1 N–H and O–H groups in total. The van der Waals surface area contributed by atoms with Crippen LogP contribution >= 0.6 is 11.3 Å². The summed E-state index contributed by atoms with van der Waals surface area (Å²) in [7, 11) is 3.21. The second-order valence-electron chi connectivity index (χ2n) is 5.82. The van der Waals surface area contributed by atoms with Crippen molar-refractivity contribution in [2.24, 2.45) is 0 Å². The zero-order chi connectivity index (χ0) is 19.3. The minimum atomic E-state index is -1.65. The molecule has 140 valence electrons. The quantitative estimate of drug-likeness (QED) is 0.746. The van der Waals surface area contributed by atoms with Crippen LogP contribution in [-0.4, -0.2) is 48.8 Å². The molecular formula is C17H18F3N3O2S. The first-order valence-electron chi connectivity index (χ1n) is 7.65. The maximum absolute atomic E-state index is 13.6. The van der Waals surface area contributed by atoms with Crippen LogP contribution in [0.4, 0.5) is 18.9 Å². The third-order valence-corrected chi connectivity index (χ3v) is 4.29. The van der Waals surface area contributed by atoms with Gasteiger partial charge in [-0.05, 0) is 41.6 Å². The van der Waals surface area contributed by atoms with Crippen LogP contribution in [0.2, 0.25) is 0 Å². The maximum atomic E-state index is 13.6. The van der Waals surface area contributed by atoms with Crippen molar-refractivity contribution < 1.29 is 22.8 Å². The summed E-state index contributed by atoms with van der Waals surface area (Å²) in [4.78, 5) is 27.1. The van der Waals surface area contributed by atoms with Crippen LogP contribution in [0.3, 0.4) is 0 Å². The number of thiophene rings is 1. The van der Waals surface area contributed by atoms with Crippen LogP contribution in [-0.2, 0) is 16.1 Å². The van der Waals surface area contributed by atoms with Crippen molar-refractivity contribution in [2.75, 3.05) is 32.5 Å². The van der Waals surface area contributed by atoms with Crippen molar-refractivity contribution in [3.63, 3.8) is 0 Å². The van der Waals surface area contributed by atoms with Crippen LogP contribution in [0.1, 0.15) is 5.56 Å². The van der Waals surface area contributed by atoms with Gasteiger partial charge in [-0.3, -0.25) is 14.5 Å². The van der Waals surface area contributed by atoms with Crippen LogP contribution in [0.15, 0.2) is 29.0 Å². The molecule has 9 heteroatoms. The second kappa shape index (κ2) is 8.81. The Bertz CT molecular complexity index is 784. The van der Waals surface area contributed by atoms with E-state index in [4.69, 9.17) is 0 Å². The highest BCUT2D eigenvalue weighted by Crippen LogP contribution is 2.19. The molecule has 0 aliphatic carbocycles. The monoisotopic (exact) mass is 385 g/mol. The molecule has 2 aromatic rings. The van der Waals surface area contributed by atoms with E-state index in [2.05, 4.69) is 5.32 Å². The Morgan fingerprint density at radius 3 is 2.46 bits per heavy atom. The summed E-state index contributed by atoms with van der Waals surface area (Å²) in [5.41, 5.74) is 0.559. The summed E-state index contributed by atoms with van der Waals surface area (Å²) in [6.07, 6.45) is 0. The molecule has 0 atom stereocenters. The van der Waals surface area contributed by atoms with Gasteiger partial charge in [0, 0.05) is 13.6 Å². The van der Waals surface area contributed by atoms with Crippen LogP contribution in [0.25, 0.3) is 0 Å². The van der Waals surface area contributed by atoms with E-state index >= 15 is 0 Å². The molecule has 5 nitrogen and oxygen atoms in total. The van der Waals surface area contributed by atoms with Crippen molar-refractivity contribution >= 4 is 28.8 Å². The van der Waals surface area contributed by atoms with Crippen molar-refractivity contribution in [1.82, 2.24) is 9.80 Å². The number of hydrogen-bond acceptors (Lipinski definition) is 4. The van der Waals surface area contributed by atoms with Crippen LogP contribution in [0.5, 0.6) is 0 Å². The van der Waals surface area contributed by atoms with Gasteiger partial charge in [-0.2, -0.15) is 11.3 Å². The fraction of sp³-hybridized carbons (Fsp3) is 0.294. The van der Waals surface area contributed by atoms with Crippen molar-refractivity contribution in [1.29, 1.82) is 0 Å². The lowest BCUT2D eigenvalue weighted by atomic mass is 10.2. The van der Waals surface area contributed by atoms with E-state index in [1.54, 1.807) is 14.1 Å². The number of amides is 2. The number of nitrogens with one attached hydrogen (secondary N) is 1. The molecule has 0 saturated heterocycles.